The molecule has 1 N–H and O–H groups in total. The van der Waals surface area contributed by atoms with Crippen molar-refractivity contribution in [3.63, 3.8) is 0 Å². The molecular formula is C15H23N3S2. The van der Waals surface area contributed by atoms with E-state index in [0.717, 1.165) is 17.2 Å². The van der Waals surface area contributed by atoms with Gasteiger partial charge in [0.25, 0.3) is 0 Å². The van der Waals surface area contributed by atoms with Crippen LogP contribution < -0.4 is 5.32 Å². The Bertz CT molecular complexity index is 576. The van der Waals surface area contributed by atoms with Crippen LogP contribution in [0.1, 0.15) is 45.3 Å². The molecule has 0 amide bonds. The monoisotopic (exact) mass is 309 g/mol. The lowest BCUT2D eigenvalue weighted by Crippen LogP contribution is -2.13. The number of rotatable bonds is 4. The van der Waals surface area contributed by atoms with E-state index in [-0.39, 0.29) is 5.41 Å². The van der Waals surface area contributed by atoms with Crippen molar-refractivity contribution in [2.75, 3.05) is 12.4 Å². The molecule has 0 saturated carbocycles. The molecule has 0 unspecified atom stereocenters. The van der Waals surface area contributed by atoms with Gasteiger partial charge in [0.2, 0.25) is 0 Å². The molecule has 2 rings (SSSR count). The van der Waals surface area contributed by atoms with Crippen molar-refractivity contribution in [2.24, 2.45) is 5.92 Å². The van der Waals surface area contributed by atoms with Crippen LogP contribution in [-0.2, 0) is 11.8 Å². The van der Waals surface area contributed by atoms with E-state index in [1.807, 2.05) is 7.05 Å². The summed E-state index contributed by atoms with van der Waals surface area (Å²) in [6, 6.07) is 0. The number of thiazole rings is 2. The molecular weight excluding hydrogens is 286 g/mol. The van der Waals surface area contributed by atoms with Gasteiger partial charge in [-0.25, -0.2) is 9.97 Å². The lowest BCUT2D eigenvalue weighted by Gasteiger charge is -2.16. The highest BCUT2D eigenvalue weighted by Crippen LogP contribution is 2.38. The van der Waals surface area contributed by atoms with E-state index in [2.05, 4.69) is 50.3 Å². The molecule has 0 fully saturated rings. The molecule has 2 aromatic heterocycles. The van der Waals surface area contributed by atoms with Crippen molar-refractivity contribution in [1.82, 2.24) is 9.97 Å². The second kappa shape index (κ2) is 5.82. The van der Waals surface area contributed by atoms with Crippen LogP contribution in [0.3, 0.4) is 0 Å². The fourth-order valence-corrected chi connectivity index (χ4v) is 4.16. The Hall–Kier alpha value is -0.940. The topological polar surface area (TPSA) is 37.8 Å². The predicted molar refractivity (Wildman–Crippen MR) is 90.0 cm³/mol. The van der Waals surface area contributed by atoms with E-state index in [4.69, 9.17) is 4.98 Å². The summed E-state index contributed by atoms with van der Waals surface area (Å²) in [4.78, 5) is 10.8. The summed E-state index contributed by atoms with van der Waals surface area (Å²) in [7, 11) is 1.91. The first kappa shape index (κ1) is 15.4. The maximum Gasteiger partial charge on any atom is 0.182 e. The number of nitrogens with zero attached hydrogens (tertiary/aromatic N) is 2. The first-order valence-corrected chi connectivity index (χ1v) is 8.64. The molecule has 2 aromatic rings. The van der Waals surface area contributed by atoms with Crippen LogP contribution in [0.25, 0.3) is 10.6 Å². The number of anilines is 1. The number of aromatic nitrogens is 2. The molecule has 0 atom stereocenters. The zero-order valence-electron chi connectivity index (χ0n) is 13.1. The Balaban J connectivity index is 2.46. The van der Waals surface area contributed by atoms with E-state index in [1.165, 1.54) is 15.6 Å². The van der Waals surface area contributed by atoms with Crippen molar-refractivity contribution in [1.29, 1.82) is 0 Å². The highest BCUT2D eigenvalue weighted by molar-refractivity contribution is 7.16. The zero-order valence-corrected chi connectivity index (χ0v) is 14.7. The first-order valence-electron chi connectivity index (χ1n) is 6.95. The minimum Gasteiger partial charge on any atom is -0.365 e. The fourth-order valence-electron chi connectivity index (χ4n) is 1.98. The van der Waals surface area contributed by atoms with Gasteiger partial charge >= 0.3 is 0 Å². The number of hydrogen-bond donors (Lipinski definition) is 1. The predicted octanol–water partition coefficient (Wildman–Crippen LogP) is 4.80. The van der Waals surface area contributed by atoms with Gasteiger partial charge in [-0.15, -0.1) is 22.7 Å². The summed E-state index contributed by atoms with van der Waals surface area (Å²) >= 11 is 3.44. The van der Waals surface area contributed by atoms with Crippen molar-refractivity contribution in [3.8, 4) is 10.6 Å². The lowest BCUT2D eigenvalue weighted by atomic mass is 9.91. The molecule has 0 aliphatic carbocycles. The maximum absolute atomic E-state index is 4.90. The summed E-state index contributed by atoms with van der Waals surface area (Å²) < 4.78 is 0. The second-order valence-corrected chi connectivity index (χ2v) is 8.36. The molecule has 20 heavy (non-hydrogen) atoms. The smallest absolute Gasteiger partial charge is 0.182 e. The van der Waals surface area contributed by atoms with Crippen LogP contribution in [0.15, 0.2) is 5.38 Å². The van der Waals surface area contributed by atoms with Gasteiger partial charge in [0.15, 0.2) is 5.13 Å². The van der Waals surface area contributed by atoms with Crippen molar-refractivity contribution >= 4 is 27.8 Å². The molecule has 3 nitrogen and oxygen atoms in total. The van der Waals surface area contributed by atoms with Crippen LogP contribution in [0, 0.1) is 5.92 Å². The maximum atomic E-state index is 4.90. The van der Waals surface area contributed by atoms with Crippen LogP contribution in [0.5, 0.6) is 0 Å². The zero-order chi connectivity index (χ0) is 14.9. The van der Waals surface area contributed by atoms with Crippen molar-refractivity contribution in [3.05, 3.63) is 16.1 Å². The molecule has 110 valence electrons. The minimum absolute atomic E-state index is 0.0461. The molecule has 0 radical (unpaired) electrons. The summed E-state index contributed by atoms with van der Waals surface area (Å²) in [5.41, 5.74) is 2.27. The van der Waals surface area contributed by atoms with E-state index < -0.39 is 0 Å². The van der Waals surface area contributed by atoms with Gasteiger partial charge in [-0.05, 0) is 5.92 Å². The van der Waals surface area contributed by atoms with Gasteiger partial charge in [-0.2, -0.15) is 0 Å². The van der Waals surface area contributed by atoms with Gasteiger partial charge in [0.1, 0.15) is 0 Å². The number of hydrogen-bond acceptors (Lipinski definition) is 5. The molecule has 0 aliphatic heterocycles. The molecule has 0 aromatic carbocycles. The largest absolute Gasteiger partial charge is 0.365 e. The lowest BCUT2D eigenvalue weighted by molar-refractivity contribution is 0.567. The average Bonchev–Trinajstić information content (AvgIpc) is 2.92. The van der Waals surface area contributed by atoms with Crippen molar-refractivity contribution < 1.29 is 0 Å². The van der Waals surface area contributed by atoms with E-state index in [1.54, 1.807) is 22.7 Å². The molecule has 2 heterocycles. The van der Waals surface area contributed by atoms with Crippen LogP contribution in [-0.4, -0.2) is 17.0 Å². The first-order chi connectivity index (χ1) is 9.31. The molecule has 0 bridgehead atoms. The van der Waals surface area contributed by atoms with Crippen molar-refractivity contribution in [2.45, 2.75) is 46.5 Å². The third-order valence-electron chi connectivity index (χ3n) is 2.92. The minimum atomic E-state index is 0.0461. The summed E-state index contributed by atoms with van der Waals surface area (Å²) in [6.07, 6.45) is 1.04. The highest BCUT2D eigenvalue weighted by atomic mass is 32.1. The number of nitrogens with one attached hydrogen (secondary N) is 1. The van der Waals surface area contributed by atoms with Crippen LogP contribution in [0.2, 0.25) is 0 Å². The summed E-state index contributed by atoms with van der Waals surface area (Å²) in [6.45, 7) is 11.1. The van der Waals surface area contributed by atoms with E-state index in [0.29, 0.717) is 5.92 Å². The quantitative estimate of drug-likeness (QED) is 0.881. The summed E-state index contributed by atoms with van der Waals surface area (Å²) in [5.74, 6) is 0.630. The SMILES string of the molecule is CNc1nc(-c2sc(CC(C)C)nc2C(C)(C)C)cs1. The molecule has 0 aliphatic rings. The summed E-state index contributed by atoms with van der Waals surface area (Å²) in [5, 5.41) is 7.40. The van der Waals surface area contributed by atoms with Crippen LogP contribution >= 0.6 is 22.7 Å². The normalized spacial score (nSPS) is 12.2. The second-order valence-electron chi connectivity index (χ2n) is 6.42. The Morgan fingerprint density at radius 3 is 2.45 bits per heavy atom. The highest BCUT2D eigenvalue weighted by Gasteiger charge is 2.25. The Kier molecular flexibility index (Phi) is 4.49. The standard InChI is InChI=1S/C15H23N3S2/c1-9(2)7-11-18-13(15(3,4)5)12(20-11)10-8-19-14(16-6)17-10/h8-9H,7H2,1-6H3,(H,16,17). The molecule has 0 spiro atoms. The third-order valence-corrected chi connectivity index (χ3v) is 4.88. The molecule has 0 saturated heterocycles. The van der Waals surface area contributed by atoms with Gasteiger partial charge in [0, 0.05) is 24.3 Å². The average molecular weight is 310 g/mol. The Morgan fingerprint density at radius 2 is 1.95 bits per heavy atom. The van der Waals surface area contributed by atoms with Gasteiger partial charge in [-0.3, -0.25) is 0 Å². The van der Waals surface area contributed by atoms with E-state index in [9.17, 15) is 0 Å². The van der Waals surface area contributed by atoms with E-state index >= 15 is 0 Å². The van der Waals surface area contributed by atoms with Gasteiger partial charge < -0.3 is 5.32 Å². The third kappa shape index (κ3) is 3.38. The Labute approximate surface area is 129 Å². The molecule has 5 heteroatoms. The Morgan fingerprint density at radius 1 is 1.25 bits per heavy atom. The van der Waals surface area contributed by atoms with Gasteiger partial charge in [0.05, 0.1) is 21.3 Å². The fraction of sp³-hybridized carbons (Fsp3) is 0.600. The van der Waals surface area contributed by atoms with Crippen LogP contribution in [0.4, 0.5) is 5.13 Å². The van der Waals surface area contributed by atoms with Gasteiger partial charge in [-0.1, -0.05) is 34.6 Å².